The summed E-state index contributed by atoms with van der Waals surface area (Å²) >= 11 is 0. The molecule has 0 unspecified atom stereocenters. The molecule has 0 saturated carbocycles. The number of carbonyl (C=O) groups is 1. The Hall–Kier alpha value is -1.36. The number of amides is 1. The summed E-state index contributed by atoms with van der Waals surface area (Å²) < 4.78 is 4.64. The molecule has 0 radical (unpaired) electrons. The molecule has 16 heavy (non-hydrogen) atoms. The fraction of sp³-hybridized carbons (Fsp3) is 0.636. The van der Waals surface area contributed by atoms with E-state index in [1.165, 1.54) is 25.3 Å². The van der Waals surface area contributed by atoms with Gasteiger partial charge in [0, 0.05) is 6.42 Å². The molecule has 2 rings (SSSR count). The second-order valence-electron chi connectivity index (χ2n) is 4.19. The van der Waals surface area contributed by atoms with E-state index in [0.717, 1.165) is 19.5 Å². The molecule has 5 heteroatoms. The molecule has 2 heterocycles. The van der Waals surface area contributed by atoms with Gasteiger partial charge in [0.15, 0.2) is 0 Å². The zero-order valence-corrected chi connectivity index (χ0v) is 9.24. The largest absolute Gasteiger partial charge is 0.363 e. The quantitative estimate of drug-likeness (QED) is 0.809. The van der Waals surface area contributed by atoms with E-state index >= 15 is 0 Å². The summed E-state index contributed by atoms with van der Waals surface area (Å²) in [6.45, 7) is 2.16. The molecule has 0 atom stereocenters. The predicted octanol–water partition coefficient (Wildman–Crippen LogP) is 1.39. The lowest BCUT2D eigenvalue weighted by molar-refractivity contribution is -0.116. The van der Waals surface area contributed by atoms with Gasteiger partial charge in [-0.3, -0.25) is 4.79 Å². The monoisotopic (exact) mass is 223 g/mol. The van der Waals surface area contributed by atoms with E-state index in [-0.39, 0.29) is 5.91 Å². The molecule has 1 saturated heterocycles. The highest BCUT2D eigenvalue weighted by molar-refractivity contribution is 5.90. The van der Waals surface area contributed by atoms with Crippen LogP contribution >= 0.6 is 0 Å². The average Bonchev–Trinajstić information content (AvgIpc) is 2.81. The van der Waals surface area contributed by atoms with Crippen molar-refractivity contribution >= 4 is 11.6 Å². The lowest BCUT2D eigenvalue weighted by Crippen LogP contribution is -2.28. The maximum Gasteiger partial charge on any atom is 0.224 e. The lowest BCUT2D eigenvalue weighted by atomic mass is 9.93. The fourth-order valence-corrected chi connectivity index (χ4v) is 2.00. The van der Waals surface area contributed by atoms with Gasteiger partial charge in [-0.1, -0.05) is 5.16 Å². The molecule has 0 bridgehead atoms. The molecular weight excluding hydrogens is 206 g/mol. The normalized spacial score (nSPS) is 17.2. The van der Waals surface area contributed by atoms with Crippen LogP contribution in [-0.4, -0.2) is 24.2 Å². The number of nitrogens with zero attached hydrogens (tertiary/aromatic N) is 1. The minimum atomic E-state index is 0.0433. The summed E-state index contributed by atoms with van der Waals surface area (Å²) in [5, 5.41) is 9.60. The third-order valence-corrected chi connectivity index (χ3v) is 2.95. The van der Waals surface area contributed by atoms with Gasteiger partial charge in [0.2, 0.25) is 5.91 Å². The van der Waals surface area contributed by atoms with Gasteiger partial charge in [-0.2, -0.15) is 0 Å². The Morgan fingerprint density at radius 2 is 2.38 bits per heavy atom. The molecule has 1 amide bonds. The van der Waals surface area contributed by atoms with Crippen molar-refractivity contribution in [1.29, 1.82) is 0 Å². The summed E-state index contributed by atoms with van der Waals surface area (Å²) in [5.74, 6) is 0.733. The van der Waals surface area contributed by atoms with Crippen LogP contribution in [0.15, 0.2) is 17.0 Å². The highest BCUT2D eigenvalue weighted by atomic mass is 16.5. The summed E-state index contributed by atoms with van der Waals surface area (Å²) in [7, 11) is 0. The first-order chi connectivity index (χ1) is 7.84. The summed E-state index contributed by atoms with van der Waals surface area (Å²) in [5.41, 5.74) is 0.635. The van der Waals surface area contributed by atoms with Gasteiger partial charge in [0.25, 0.3) is 0 Å². The molecule has 1 aliphatic rings. The SMILES string of the molecule is O=C(CCC1CCNCC1)Nc1cnoc1. The molecule has 5 nitrogen and oxygen atoms in total. The molecule has 0 aliphatic carbocycles. The van der Waals surface area contributed by atoms with Crippen LogP contribution in [-0.2, 0) is 4.79 Å². The molecule has 1 aromatic rings. The Morgan fingerprint density at radius 3 is 3.06 bits per heavy atom. The van der Waals surface area contributed by atoms with E-state index in [0.29, 0.717) is 18.0 Å². The topological polar surface area (TPSA) is 67.2 Å². The number of carbonyl (C=O) groups excluding carboxylic acids is 1. The smallest absolute Gasteiger partial charge is 0.224 e. The van der Waals surface area contributed by atoms with Crippen molar-refractivity contribution < 1.29 is 9.32 Å². The van der Waals surface area contributed by atoms with Crippen LogP contribution in [0.2, 0.25) is 0 Å². The zero-order chi connectivity index (χ0) is 11.2. The molecule has 0 spiro atoms. The number of nitrogens with one attached hydrogen (secondary N) is 2. The van der Waals surface area contributed by atoms with Gasteiger partial charge in [0.05, 0.1) is 6.20 Å². The first kappa shape index (κ1) is 11.1. The Labute approximate surface area is 94.6 Å². The molecule has 1 aliphatic heterocycles. The second kappa shape index (κ2) is 5.65. The van der Waals surface area contributed by atoms with Crippen molar-refractivity contribution in [3.8, 4) is 0 Å². The Kier molecular flexibility index (Phi) is 3.93. The highest BCUT2D eigenvalue weighted by Crippen LogP contribution is 2.18. The average molecular weight is 223 g/mol. The molecule has 1 aromatic heterocycles. The third kappa shape index (κ3) is 3.34. The maximum atomic E-state index is 11.6. The Balaban J connectivity index is 1.67. The molecule has 2 N–H and O–H groups in total. The van der Waals surface area contributed by atoms with Crippen molar-refractivity contribution in [2.45, 2.75) is 25.7 Å². The van der Waals surface area contributed by atoms with Crippen LogP contribution in [0, 0.1) is 5.92 Å². The van der Waals surface area contributed by atoms with Crippen molar-refractivity contribution in [3.05, 3.63) is 12.5 Å². The Bertz CT molecular complexity index is 318. The van der Waals surface area contributed by atoms with Crippen molar-refractivity contribution in [3.63, 3.8) is 0 Å². The predicted molar refractivity (Wildman–Crippen MR) is 60.0 cm³/mol. The van der Waals surface area contributed by atoms with Gasteiger partial charge in [-0.15, -0.1) is 0 Å². The number of anilines is 1. The van der Waals surface area contributed by atoms with Gasteiger partial charge in [-0.05, 0) is 38.3 Å². The summed E-state index contributed by atoms with van der Waals surface area (Å²) in [6, 6.07) is 0. The van der Waals surface area contributed by atoms with Crippen LogP contribution in [0.3, 0.4) is 0 Å². The first-order valence-electron chi connectivity index (χ1n) is 5.74. The van der Waals surface area contributed by atoms with Gasteiger partial charge in [0.1, 0.15) is 12.0 Å². The summed E-state index contributed by atoms with van der Waals surface area (Å²) in [6.07, 6.45) is 6.85. The number of hydrogen-bond donors (Lipinski definition) is 2. The Morgan fingerprint density at radius 1 is 1.56 bits per heavy atom. The van der Waals surface area contributed by atoms with Gasteiger partial charge in [-0.25, -0.2) is 0 Å². The van der Waals surface area contributed by atoms with Crippen LogP contribution in [0.25, 0.3) is 0 Å². The zero-order valence-electron chi connectivity index (χ0n) is 9.24. The molecule has 1 fully saturated rings. The number of hydrogen-bond acceptors (Lipinski definition) is 4. The van der Waals surface area contributed by atoms with E-state index in [9.17, 15) is 4.79 Å². The van der Waals surface area contributed by atoms with Crippen LogP contribution in [0.1, 0.15) is 25.7 Å². The van der Waals surface area contributed by atoms with E-state index in [4.69, 9.17) is 0 Å². The van der Waals surface area contributed by atoms with Crippen LogP contribution in [0.4, 0.5) is 5.69 Å². The van der Waals surface area contributed by atoms with E-state index < -0.39 is 0 Å². The standard InChI is InChI=1S/C11H17N3O2/c15-11(14-10-7-13-16-8-10)2-1-9-3-5-12-6-4-9/h7-9,12H,1-6H2,(H,14,15). The number of rotatable bonds is 4. The number of piperidine rings is 1. The second-order valence-corrected chi connectivity index (χ2v) is 4.19. The van der Waals surface area contributed by atoms with Gasteiger partial charge >= 0.3 is 0 Å². The fourth-order valence-electron chi connectivity index (χ4n) is 2.00. The van der Waals surface area contributed by atoms with Crippen molar-refractivity contribution in [2.75, 3.05) is 18.4 Å². The number of aromatic nitrogens is 1. The third-order valence-electron chi connectivity index (χ3n) is 2.95. The van der Waals surface area contributed by atoms with Crippen LogP contribution < -0.4 is 10.6 Å². The minimum Gasteiger partial charge on any atom is -0.363 e. The lowest BCUT2D eigenvalue weighted by Gasteiger charge is -2.21. The van der Waals surface area contributed by atoms with Crippen LogP contribution in [0.5, 0.6) is 0 Å². The maximum absolute atomic E-state index is 11.6. The van der Waals surface area contributed by atoms with Crippen molar-refractivity contribution in [1.82, 2.24) is 10.5 Å². The first-order valence-corrected chi connectivity index (χ1v) is 5.74. The van der Waals surface area contributed by atoms with Crippen molar-refractivity contribution in [2.24, 2.45) is 5.92 Å². The van der Waals surface area contributed by atoms with E-state index in [2.05, 4.69) is 20.3 Å². The molecular formula is C11H17N3O2. The highest BCUT2D eigenvalue weighted by Gasteiger charge is 2.14. The minimum absolute atomic E-state index is 0.0433. The molecule has 0 aromatic carbocycles. The van der Waals surface area contributed by atoms with Gasteiger partial charge < -0.3 is 15.2 Å². The van der Waals surface area contributed by atoms with E-state index in [1.807, 2.05) is 0 Å². The summed E-state index contributed by atoms with van der Waals surface area (Å²) in [4.78, 5) is 11.6. The van der Waals surface area contributed by atoms with E-state index in [1.54, 1.807) is 0 Å². The molecule has 88 valence electrons.